The molecule has 8 nitrogen and oxygen atoms in total. The number of anilines is 2. The van der Waals surface area contributed by atoms with Crippen LogP contribution in [0.25, 0.3) is 0 Å². The molecule has 2 aromatic heterocycles. The van der Waals surface area contributed by atoms with Crippen molar-refractivity contribution >= 4 is 17.7 Å². The van der Waals surface area contributed by atoms with Crippen LogP contribution in [0.1, 0.15) is 48.9 Å². The van der Waals surface area contributed by atoms with Gasteiger partial charge in [-0.05, 0) is 50.3 Å². The second kappa shape index (κ2) is 8.99. The molecular formula is C21H26F2N6O2. The van der Waals surface area contributed by atoms with Gasteiger partial charge in [0.1, 0.15) is 17.5 Å². The van der Waals surface area contributed by atoms with Gasteiger partial charge in [0, 0.05) is 31.4 Å². The lowest BCUT2D eigenvalue weighted by Gasteiger charge is -2.33. The summed E-state index contributed by atoms with van der Waals surface area (Å²) in [6.45, 7) is 0.252. The predicted octanol–water partition coefficient (Wildman–Crippen LogP) is 3.01. The Kier molecular flexibility index (Phi) is 6.15. The summed E-state index contributed by atoms with van der Waals surface area (Å²) in [5, 5.41) is 3.31. The smallest absolute Gasteiger partial charge is 0.265 e. The van der Waals surface area contributed by atoms with Crippen molar-refractivity contribution in [2.75, 3.05) is 23.3 Å². The lowest BCUT2D eigenvalue weighted by molar-refractivity contribution is -0.0118. The number of nitrogens with two attached hydrogens (primary N) is 1. The van der Waals surface area contributed by atoms with Gasteiger partial charge in [-0.15, -0.1) is 0 Å². The number of primary amides is 1. The van der Waals surface area contributed by atoms with Crippen LogP contribution in [0, 0.1) is 0 Å². The highest BCUT2D eigenvalue weighted by Gasteiger charge is 2.35. The van der Waals surface area contributed by atoms with E-state index in [1.807, 2.05) is 0 Å². The molecule has 0 unspecified atom stereocenters. The van der Waals surface area contributed by atoms with E-state index in [9.17, 15) is 13.6 Å². The number of nitrogens with zero attached hydrogens (tertiary/aromatic N) is 4. The summed E-state index contributed by atoms with van der Waals surface area (Å²) in [5.74, 6) is -2.03. The number of carbonyl (C=O) groups excluding carboxylic acids is 1. The van der Waals surface area contributed by atoms with Gasteiger partial charge in [-0.3, -0.25) is 4.79 Å². The first-order chi connectivity index (χ1) is 14.9. The van der Waals surface area contributed by atoms with Crippen LogP contribution in [0.3, 0.4) is 0 Å². The molecule has 31 heavy (non-hydrogen) atoms. The second-order valence-electron chi connectivity index (χ2n) is 8.08. The molecule has 1 aliphatic carbocycles. The van der Waals surface area contributed by atoms with Gasteiger partial charge < -0.3 is 20.7 Å². The number of aromatic nitrogens is 3. The maximum absolute atomic E-state index is 13.7. The van der Waals surface area contributed by atoms with Crippen molar-refractivity contribution in [1.82, 2.24) is 15.0 Å². The van der Waals surface area contributed by atoms with E-state index in [0.717, 1.165) is 25.7 Å². The van der Waals surface area contributed by atoms with Crippen molar-refractivity contribution < 1.29 is 18.3 Å². The molecule has 10 heteroatoms. The average Bonchev–Trinajstić information content (AvgIpc) is 2.75. The maximum atomic E-state index is 13.7. The summed E-state index contributed by atoms with van der Waals surface area (Å²) in [6, 6.07) is 5.06. The molecule has 2 fully saturated rings. The van der Waals surface area contributed by atoms with Crippen molar-refractivity contribution in [3.63, 3.8) is 0 Å². The molecule has 2 aliphatic rings. The Labute approximate surface area is 179 Å². The molecule has 0 radical (unpaired) electrons. The summed E-state index contributed by atoms with van der Waals surface area (Å²) in [5.41, 5.74) is 5.66. The number of alkyl halides is 2. The number of pyridine rings is 1. The number of hydrogen-bond acceptors (Lipinski definition) is 7. The highest BCUT2D eigenvalue weighted by Crippen LogP contribution is 2.30. The Hall–Kier alpha value is -3.04. The SMILES string of the molecule is NC(=O)c1cccnc1O[C@H]1CC[C@H](Nc2nccc(N3CCCC(F)(F)C3)n2)CC1. The monoisotopic (exact) mass is 432 g/mol. The van der Waals surface area contributed by atoms with Crippen molar-refractivity contribution in [2.45, 2.75) is 56.6 Å². The molecule has 1 aliphatic heterocycles. The zero-order valence-electron chi connectivity index (χ0n) is 17.1. The molecule has 0 spiro atoms. The third kappa shape index (κ3) is 5.36. The van der Waals surface area contributed by atoms with E-state index in [-0.39, 0.29) is 36.6 Å². The Bertz CT molecular complexity index is 920. The van der Waals surface area contributed by atoms with E-state index in [0.29, 0.717) is 24.7 Å². The highest BCUT2D eigenvalue weighted by atomic mass is 19.3. The number of rotatable bonds is 6. The summed E-state index contributed by atoms with van der Waals surface area (Å²) in [7, 11) is 0. The molecule has 1 saturated carbocycles. The average molecular weight is 432 g/mol. The minimum absolute atomic E-state index is 0.0612. The largest absolute Gasteiger partial charge is 0.474 e. The summed E-state index contributed by atoms with van der Waals surface area (Å²) < 4.78 is 33.4. The maximum Gasteiger partial charge on any atom is 0.265 e. The van der Waals surface area contributed by atoms with Crippen LogP contribution >= 0.6 is 0 Å². The number of nitrogens with one attached hydrogen (secondary N) is 1. The van der Waals surface area contributed by atoms with Crippen LogP contribution < -0.4 is 20.7 Å². The summed E-state index contributed by atoms with van der Waals surface area (Å²) >= 11 is 0. The van der Waals surface area contributed by atoms with Crippen molar-refractivity contribution in [1.29, 1.82) is 0 Å². The summed E-state index contributed by atoms with van der Waals surface area (Å²) in [4.78, 5) is 26.0. The van der Waals surface area contributed by atoms with Gasteiger partial charge >= 0.3 is 0 Å². The molecule has 166 valence electrons. The van der Waals surface area contributed by atoms with Crippen LogP contribution in [-0.2, 0) is 0 Å². The first-order valence-corrected chi connectivity index (χ1v) is 10.5. The molecule has 2 aromatic rings. The minimum atomic E-state index is -2.68. The summed E-state index contributed by atoms with van der Waals surface area (Å²) in [6.07, 6.45) is 6.64. The molecule has 0 atom stereocenters. The lowest BCUT2D eigenvalue weighted by atomic mass is 9.93. The zero-order chi connectivity index (χ0) is 21.8. The standard InChI is InChI=1S/C21H26F2N6O2/c22-21(23)9-2-12-29(13-21)17-8-11-26-20(28-17)27-14-4-6-15(7-5-14)31-19-16(18(24)30)3-1-10-25-19/h1,3,8,10-11,14-15H,2,4-7,9,12-13H2,(H2,24,30)(H,26,27,28)/t14-,15-. The van der Waals surface area contributed by atoms with E-state index in [1.165, 1.54) is 0 Å². The van der Waals surface area contributed by atoms with Gasteiger partial charge in [0.25, 0.3) is 11.8 Å². The molecule has 3 N–H and O–H groups in total. The zero-order valence-corrected chi connectivity index (χ0v) is 17.1. The van der Waals surface area contributed by atoms with Crippen molar-refractivity contribution in [2.24, 2.45) is 5.73 Å². The third-order valence-electron chi connectivity index (χ3n) is 5.68. The van der Waals surface area contributed by atoms with Crippen molar-refractivity contribution in [3.8, 4) is 5.88 Å². The van der Waals surface area contributed by atoms with Crippen LogP contribution in [-0.4, -0.2) is 52.0 Å². The van der Waals surface area contributed by atoms with Gasteiger partial charge in [-0.2, -0.15) is 4.98 Å². The fraction of sp³-hybridized carbons (Fsp3) is 0.524. The predicted molar refractivity (Wildman–Crippen MR) is 111 cm³/mol. The molecule has 0 bridgehead atoms. The molecule has 4 rings (SSSR count). The van der Waals surface area contributed by atoms with Crippen LogP contribution in [0.2, 0.25) is 0 Å². The van der Waals surface area contributed by atoms with E-state index in [4.69, 9.17) is 10.5 Å². The number of ether oxygens (including phenoxy) is 1. The van der Waals surface area contributed by atoms with E-state index < -0.39 is 11.8 Å². The third-order valence-corrected chi connectivity index (χ3v) is 5.68. The Balaban J connectivity index is 1.32. The molecule has 0 aromatic carbocycles. The second-order valence-corrected chi connectivity index (χ2v) is 8.08. The van der Waals surface area contributed by atoms with Gasteiger partial charge in [0.05, 0.1) is 6.54 Å². The first-order valence-electron chi connectivity index (χ1n) is 10.5. The van der Waals surface area contributed by atoms with Gasteiger partial charge in [0.2, 0.25) is 11.8 Å². The van der Waals surface area contributed by atoms with E-state index >= 15 is 0 Å². The van der Waals surface area contributed by atoms with Crippen LogP contribution in [0.5, 0.6) is 5.88 Å². The topological polar surface area (TPSA) is 106 Å². The fourth-order valence-electron chi connectivity index (χ4n) is 4.09. The Morgan fingerprint density at radius 2 is 2.00 bits per heavy atom. The van der Waals surface area contributed by atoms with Crippen molar-refractivity contribution in [3.05, 3.63) is 36.2 Å². The molecule has 3 heterocycles. The van der Waals surface area contributed by atoms with Gasteiger partial charge in [-0.1, -0.05) is 0 Å². The first kappa shape index (κ1) is 21.2. The van der Waals surface area contributed by atoms with Crippen LogP contribution in [0.15, 0.2) is 30.6 Å². The van der Waals surface area contributed by atoms with Gasteiger partial charge in [-0.25, -0.2) is 18.7 Å². The van der Waals surface area contributed by atoms with E-state index in [2.05, 4.69) is 20.3 Å². The fourth-order valence-corrected chi connectivity index (χ4v) is 4.09. The van der Waals surface area contributed by atoms with E-state index in [1.54, 1.807) is 35.5 Å². The number of hydrogen-bond donors (Lipinski definition) is 2. The quantitative estimate of drug-likeness (QED) is 0.723. The van der Waals surface area contributed by atoms with Gasteiger partial charge in [0.15, 0.2) is 0 Å². The van der Waals surface area contributed by atoms with Crippen LogP contribution in [0.4, 0.5) is 20.5 Å². The Morgan fingerprint density at radius 1 is 1.19 bits per heavy atom. The molecule has 1 saturated heterocycles. The number of carbonyl (C=O) groups is 1. The lowest BCUT2D eigenvalue weighted by Crippen LogP contribution is -2.43. The molecule has 1 amide bonds. The molecular weight excluding hydrogens is 406 g/mol. The Morgan fingerprint density at radius 3 is 2.74 bits per heavy atom. The normalized spacial score (nSPS) is 23.2. The number of piperidine rings is 1. The minimum Gasteiger partial charge on any atom is -0.474 e. The number of amides is 1. The number of halogens is 2. The highest BCUT2D eigenvalue weighted by molar-refractivity contribution is 5.94.